The van der Waals surface area contributed by atoms with Crippen molar-refractivity contribution in [2.45, 2.75) is 57.2 Å². The number of piperidine rings is 1. The van der Waals surface area contributed by atoms with Crippen molar-refractivity contribution in [2.24, 2.45) is 24.6 Å². The van der Waals surface area contributed by atoms with Gasteiger partial charge in [0.1, 0.15) is 5.65 Å². The van der Waals surface area contributed by atoms with Crippen molar-refractivity contribution in [1.29, 1.82) is 0 Å². The first-order valence-corrected chi connectivity index (χ1v) is 15.9. The van der Waals surface area contributed by atoms with Gasteiger partial charge in [-0.2, -0.15) is 0 Å². The third-order valence-corrected chi connectivity index (χ3v) is 10.4. The van der Waals surface area contributed by atoms with Crippen LogP contribution in [0.15, 0.2) is 54.6 Å². The zero-order valence-electron chi connectivity index (χ0n) is 24.8. The molecule has 0 spiro atoms. The number of pyridine rings is 1. The van der Waals surface area contributed by atoms with Crippen LogP contribution in [-0.2, 0) is 24.8 Å². The highest BCUT2D eigenvalue weighted by atomic mass is 16.2. The number of imidazole rings is 1. The molecule has 2 bridgehead atoms. The number of likely N-dealkylation sites (tertiary alicyclic amines) is 1. The van der Waals surface area contributed by atoms with E-state index in [9.17, 15) is 9.59 Å². The fraction of sp³-hybridized carbons (Fsp3) is 0.371. The Morgan fingerprint density at radius 2 is 1.89 bits per heavy atom. The van der Waals surface area contributed by atoms with Gasteiger partial charge in [0.05, 0.1) is 22.4 Å². The number of carbonyl (C=O) groups excluding carboxylic acids is 2. The second kappa shape index (κ2) is 9.50. The maximum atomic E-state index is 13.5. The van der Waals surface area contributed by atoms with Crippen LogP contribution in [0.1, 0.15) is 48.0 Å². The minimum Gasteiger partial charge on any atom is -0.334 e. The number of hydrogen-bond acceptors (Lipinski definition) is 5. The van der Waals surface area contributed by atoms with E-state index < -0.39 is 0 Å². The second-order valence-electron chi connectivity index (χ2n) is 13.3. The average Bonchev–Trinajstić information content (AvgIpc) is 3.45. The van der Waals surface area contributed by atoms with Crippen LogP contribution in [0, 0.1) is 11.8 Å². The molecule has 4 aliphatic rings. The smallest absolute Gasteiger partial charge is 0.254 e. The molecule has 2 aliphatic carbocycles. The third kappa shape index (κ3) is 4.02. The molecule has 2 unspecified atom stereocenters. The van der Waals surface area contributed by atoms with E-state index in [1.54, 1.807) is 0 Å². The van der Waals surface area contributed by atoms with Crippen LogP contribution >= 0.6 is 0 Å². The van der Waals surface area contributed by atoms with Crippen molar-refractivity contribution in [2.75, 3.05) is 11.9 Å². The molecule has 44 heavy (non-hydrogen) atoms. The molecule has 3 atom stereocenters. The Morgan fingerprint density at radius 1 is 1.00 bits per heavy atom. The zero-order valence-corrected chi connectivity index (χ0v) is 24.8. The van der Waals surface area contributed by atoms with E-state index in [1.807, 2.05) is 35.2 Å². The van der Waals surface area contributed by atoms with E-state index in [0.717, 1.165) is 88.4 Å². The molecular weight excluding hydrogens is 550 g/mol. The van der Waals surface area contributed by atoms with Gasteiger partial charge in [-0.3, -0.25) is 9.59 Å². The number of fused-ring (bicyclic) bond motifs is 5. The minimum atomic E-state index is 0.0610. The molecule has 2 saturated carbocycles. The standard InChI is InChI=1S/C35H35N7O2/c1-40-28-11-6-23(35(44)42-18-24-7-12-29(42)32(24)36)15-27(28)39-34(40)30-16-22-5-10-26(38-33(22)41(30)17-19-2-3-19)20-4-9-25-21(14-20)8-13-31(43)37-25/h4-6,9-11,14-16,19,24,29,32H,2-3,7-8,12-13,17-18,36H2,1H3,(H,37,43)/t24?,29?,32-/m1/s1. The molecule has 5 aromatic rings. The fourth-order valence-electron chi connectivity index (χ4n) is 7.77. The number of nitrogens with one attached hydrogen (secondary N) is 1. The molecule has 9 rings (SSSR count). The van der Waals surface area contributed by atoms with E-state index in [-0.39, 0.29) is 23.9 Å². The van der Waals surface area contributed by atoms with Crippen molar-refractivity contribution >= 4 is 39.6 Å². The van der Waals surface area contributed by atoms with Crippen LogP contribution in [0.3, 0.4) is 0 Å². The molecule has 2 amide bonds. The lowest BCUT2D eigenvalue weighted by Gasteiger charge is -2.27. The molecule has 1 saturated heterocycles. The maximum absolute atomic E-state index is 13.5. The average molecular weight is 586 g/mol. The lowest BCUT2D eigenvalue weighted by atomic mass is 9.99. The molecule has 9 heteroatoms. The molecule has 5 heterocycles. The summed E-state index contributed by atoms with van der Waals surface area (Å²) >= 11 is 0. The highest BCUT2D eigenvalue weighted by Crippen LogP contribution is 2.39. The number of carbonyl (C=O) groups is 2. The number of amides is 2. The minimum absolute atomic E-state index is 0.0610. The molecule has 0 radical (unpaired) electrons. The van der Waals surface area contributed by atoms with Crippen molar-refractivity contribution in [3.8, 4) is 22.8 Å². The highest BCUT2D eigenvalue weighted by Gasteiger charge is 2.46. The lowest BCUT2D eigenvalue weighted by Crippen LogP contribution is -2.41. The van der Waals surface area contributed by atoms with Gasteiger partial charge in [-0.15, -0.1) is 0 Å². The predicted molar refractivity (Wildman–Crippen MR) is 170 cm³/mol. The third-order valence-electron chi connectivity index (χ3n) is 10.4. The Kier molecular flexibility index (Phi) is 5.60. The summed E-state index contributed by atoms with van der Waals surface area (Å²) < 4.78 is 4.47. The Morgan fingerprint density at radius 3 is 2.68 bits per heavy atom. The quantitative estimate of drug-likeness (QED) is 0.298. The number of nitrogens with two attached hydrogens (primary N) is 1. The summed E-state index contributed by atoms with van der Waals surface area (Å²) in [4.78, 5) is 37.7. The van der Waals surface area contributed by atoms with Gasteiger partial charge in [-0.05, 0) is 98.0 Å². The van der Waals surface area contributed by atoms with Gasteiger partial charge in [0.2, 0.25) is 5.91 Å². The number of aromatic nitrogens is 4. The second-order valence-corrected chi connectivity index (χ2v) is 13.3. The van der Waals surface area contributed by atoms with Crippen molar-refractivity contribution in [3.63, 3.8) is 0 Å². The van der Waals surface area contributed by atoms with Crippen LogP contribution < -0.4 is 11.1 Å². The zero-order chi connectivity index (χ0) is 29.7. The van der Waals surface area contributed by atoms with Gasteiger partial charge < -0.3 is 25.1 Å². The van der Waals surface area contributed by atoms with Crippen molar-refractivity contribution < 1.29 is 9.59 Å². The van der Waals surface area contributed by atoms with Crippen LogP contribution in [0.2, 0.25) is 0 Å². The largest absolute Gasteiger partial charge is 0.334 e. The van der Waals surface area contributed by atoms with E-state index in [2.05, 4.69) is 45.8 Å². The van der Waals surface area contributed by atoms with Gasteiger partial charge in [-0.25, -0.2) is 9.97 Å². The summed E-state index contributed by atoms with van der Waals surface area (Å²) in [6.45, 7) is 1.66. The fourth-order valence-corrected chi connectivity index (χ4v) is 7.77. The summed E-state index contributed by atoms with van der Waals surface area (Å²) in [5.41, 5.74) is 14.9. The van der Waals surface area contributed by atoms with Crippen LogP contribution in [-0.4, -0.2) is 54.4 Å². The van der Waals surface area contributed by atoms with E-state index in [0.29, 0.717) is 23.8 Å². The van der Waals surface area contributed by atoms with Gasteiger partial charge in [0.25, 0.3) is 5.91 Å². The van der Waals surface area contributed by atoms with Gasteiger partial charge in [-0.1, -0.05) is 6.07 Å². The Bertz CT molecular complexity index is 2020. The first-order chi connectivity index (χ1) is 21.4. The molecule has 3 fully saturated rings. The monoisotopic (exact) mass is 585 g/mol. The molecular formula is C35H35N7O2. The molecule has 222 valence electrons. The highest BCUT2D eigenvalue weighted by molar-refractivity contribution is 5.99. The Hall–Kier alpha value is -4.50. The van der Waals surface area contributed by atoms with Crippen molar-refractivity contribution in [1.82, 2.24) is 24.0 Å². The summed E-state index contributed by atoms with van der Waals surface area (Å²) in [6.07, 6.45) is 5.83. The Balaban J connectivity index is 1.10. The van der Waals surface area contributed by atoms with Crippen LogP contribution in [0.25, 0.3) is 44.8 Å². The topological polar surface area (TPSA) is 111 Å². The molecule has 2 aromatic carbocycles. The van der Waals surface area contributed by atoms with E-state index in [1.165, 1.54) is 12.8 Å². The number of anilines is 1. The van der Waals surface area contributed by atoms with E-state index in [4.69, 9.17) is 15.7 Å². The van der Waals surface area contributed by atoms with Crippen LogP contribution in [0.5, 0.6) is 0 Å². The number of aryl methyl sites for hydroxylation is 2. The molecule has 3 N–H and O–H groups in total. The number of hydrogen-bond donors (Lipinski definition) is 2. The normalized spacial score (nSPS) is 22.6. The summed E-state index contributed by atoms with van der Waals surface area (Å²) in [5.74, 6) is 2.07. The summed E-state index contributed by atoms with van der Waals surface area (Å²) in [7, 11) is 2.05. The number of nitrogens with zero attached hydrogens (tertiary/aromatic N) is 5. The molecule has 9 nitrogen and oxygen atoms in total. The van der Waals surface area contributed by atoms with Gasteiger partial charge in [0.15, 0.2) is 5.82 Å². The Labute approximate surface area is 255 Å². The lowest BCUT2D eigenvalue weighted by molar-refractivity contribution is -0.116. The molecule has 2 aliphatic heterocycles. The van der Waals surface area contributed by atoms with Gasteiger partial charge in [0, 0.05) is 60.8 Å². The predicted octanol–water partition coefficient (Wildman–Crippen LogP) is 5.11. The summed E-state index contributed by atoms with van der Waals surface area (Å²) in [6, 6.07) is 18.8. The maximum Gasteiger partial charge on any atom is 0.254 e. The molecule has 3 aromatic heterocycles. The number of benzene rings is 2. The van der Waals surface area contributed by atoms with Gasteiger partial charge >= 0.3 is 0 Å². The first kappa shape index (κ1) is 25.9. The SMILES string of the molecule is Cn1c(-c2cc3ccc(-c4ccc5c(c4)CCC(=O)N5)nc3n2CC2CC2)nc2cc(C(=O)N3CC4CCC3[C@@H]4N)ccc21. The van der Waals surface area contributed by atoms with Crippen LogP contribution in [0.4, 0.5) is 5.69 Å². The summed E-state index contributed by atoms with van der Waals surface area (Å²) in [5, 5.41) is 4.06. The van der Waals surface area contributed by atoms with Crippen molar-refractivity contribution in [3.05, 3.63) is 65.7 Å². The first-order valence-electron chi connectivity index (χ1n) is 15.9. The van der Waals surface area contributed by atoms with E-state index >= 15 is 0 Å². The number of rotatable bonds is 5.